The van der Waals surface area contributed by atoms with Gasteiger partial charge in [-0.2, -0.15) is 0 Å². The van der Waals surface area contributed by atoms with Crippen LogP contribution in [-0.2, 0) is 12.8 Å². The van der Waals surface area contributed by atoms with Gasteiger partial charge in [0.15, 0.2) is 0 Å². The van der Waals surface area contributed by atoms with Crippen molar-refractivity contribution in [1.82, 2.24) is 9.97 Å². The first-order chi connectivity index (χ1) is 8.33. The van der Waals surface area contributed by atoms with Gasteiger partial charge in [-0.3, -0.25) is 0 Å². The average molecular weight is 227 g/mol. The highest BCUT2D eigenvalue weighted by Gasteiger charge is 2.01. The van der Waals surface area contributed by atoms with Crippen molar-refractivity contribution in [2.75, 3.05) is 6.54 Å². The molecule has 0 aliphatic rings. The van der Waals surface area contributed by atoms with E-state index in [1.165, 1.54) is 5.56 Å². The second-order valence-corrected chi connectivity index (χ2v) is 3.95. The van der Waals surface area contributed by atoms with Crippen molar-refractivity contribution in [3.8, 4) is 11.3 Å². The minimum atomic E-state index is 0.582. The van der Waals surface area contributed by atoms with Crippen LogP contribution in [0.25, 0.3) is 11.3 Å². The second kappa shape index (κ2) is 5.55. The fourth-order valence-corrected chi connectivity index (χ4v) is 1.72. The molecular weight excluding hydrogens is 210 g/mol. The highest BCUT2D eigenvalue weighted by molar-refractivity contribution is 5.58. The fraction of sp³-hybridized carbons (Fsp3) is 0.286. The van der Waals surface area contributed by atoms with E-state index in [1.54, 1.807) is 6.20 Å². The van der Waals surface area contributed by atoms with Crippen LogP contribution in [0.1, 0.15) is 18.3 Å². The summed E-state index contributed by atoms with van der Waals surface area (Å²) in [6.07, 6.45) is 3.57. The lowest BCUT2D eigenvalue weighted by atomic mass is 10.1. The summed E-state index contributed by atoms with van der Waals surface area (Å²) in [4.78, 5) is 8.69. The minimum Gasteiger partial charge on any atom is -0.330 e. The number of aryl methyl sites for hydroxylation is 1. The van der Waals surface area contributed by atoms with Gasteiger partial charge in [0.2, 0.25) is 0 Å². The van der Waals surface area contributed by atoms with Gasteiger partial charge in [0.1, 0.15) is 5.82 Å². The molecule has 2 N–H and O–H groups in total. The normalized spacial score (nSPS) is 10.5. The Morgan fingerprint density at radius 3 is 2.53 bits per heavy atom. The van der Waals surface area contributed by atoms with Crippen LogP contribution in [0, 0.1) is 0 Å². The summed E-state index contributed by atoms with van der Waals surface area (Å²) in [7, 11) is 0. The van der Waals surface area contributed by atoms with Crippen LogP contribution in [0.3, 0.4) is 0 Å². The summed E-state index contributed by atoms with van der Waals surface area (Å²) in [6.45, 7) is 2.73. The maximum Gasteiger partial charge on any atom is 0.130 e. The molecule has 1 aromatic heterocycles. The van der Waals surface area contributed by atoms with E-state index >= 15 is 0 Å². The van der Waals surface area contributed by atoms with Gasteiger partial charge in [0, 0.05) is 18.2 Å². The highest BCUT2D eigenvalue weighted by atomic mass is 14.9. The van der Waals surface area contributed by atoms with Crippen LogP contribution >= 0.6 is 0 Å². The maximum absolute atomic E-state index is 5.51. The molecule has 1 heterocycles. The molecule has 0 unspecified atom stereocenters. The largest absolute Gasteiger partial charge is 0.330 e. The lowest BCUT2D eigenvalue weighted by molar-refractivity contribution is 0.869. The zero-order valence-electron chi connectivity index (χ0n) is 10.1. The molecular formula is C14H17N3. The van der Waals surface area contributed by atoms with Crippen molar-refractivity contribution in [3.63, 3.8) is 0 Å². The Kier molecular flexibility index (Phi) is 3.83. The van der Waals surface area contributed by atoms with Gasteiger partial charge in [0.25, 0.3) is 0 Å². The number of aromatic nitrogens is 2. The first kappa shape index (κ1) is 11.7. The molecule has 0 fully saturated rings. The molecule has 3 heteroatoms. The van der Waals surface area contributed by atoms with Crippen LogP contribution in [-0.4, -0.2) is 16.5 Å². The van der Waals surface area contributed by atoms with Gasteiger partial charge in [0.05, 0.1) is 5.69 Å². The average Bonchev–Trinajstić information content (AvgIpc) is 2.40. The number of hydrogen-bond acceptors (Lipinski definition) is 3. The van der Waals surface area contributed by atoms with Crippen molar-refractivity contribution in [2.24, 2.45) is 5.73 Å². The van der Waals surface area contributed by atoms with Gasteiger partial charge < -0.3 is 5.73 Å². The Labute approximate surface area is 102 Å². The predicted molar refractivity (Wildman–Crippen MR) is 69.6 cm³/mol. The van der Waals surface area contributed by atoms with E-state index < -0.39 is 0 Å². The Morgan fingerprint density at radius 1 is 1.12 bits per heavy atom. The molecule has 3 nitrogen and oxygen atoms in total. The zero-order chi connectivity index (χ0) is 12.1. The molecule has 0 saturated carbocycles. The summed E-state index contributed by atoms with van der Waals surface area (Å²) in [5.41, 5.74) is 8.94. The Morgan fingerprint density at radius 2 is 1.88 bits per heavy atom. The fourth-order valence-electron chi connectivity index (χ4n) is 1.72. The van der Waals surface area contributed by atoms with E-state index in [9.17, 15) is 0 Å². The summed E-state index contributed by atoms with van der Waals surface area (Å²) >= 11 is 0. The molecule has 0 atom stereocenters. The van der Waals surface area contributed by atoms with Gasteiger partial charge in [-0.05, 0) is 24.6 Å². The molecule has 0 aliphatic heterocycles. The van der Waals surface area contributed by atoms with E-state index in [0.29, 0.717) is 6.54 Å². The molecule has 0 radical (unpaired) electrons. The maximum atomic E-state index is 5.51. The number of benzene rings is 1. The molecule has 88 valence electrons. The highest BCUT2D eigenvalue weighted by Crippen LogP contribution is 2.17. The first-order valence-electron chi connectivity index (χ1n) is 5.94. The number of hydrogen-bond donors (Lipinski definition) is 1. The predicted octanol–water partition coefficient (Wildman–Crippen LogP) is 2.21. The minimum absolute atomic E-state index is 0.582. The van der Waals surface area contributed by atoms with E-state index in [4.69, 9.17) is 5.73 Å². The van der Waals surface area contributed by atoms with E-state index in [0.717, 1.165) is 29.9 Å². The Balaban J connectivity index is 2.28. The third-order valence-corrected chi connectivity index (χ3v) is 2.73. The third-order valence-electron chi connectivity index (χ3n) is 2.73. The topological polar surface area (TPSA) is 51.8 Å². The molecule has 0 saturated heterocycles. The molecule has 17 heavy (non-hydrogen) atoms. The van der Waals surface area contributed by atoms with Crippen LogP contribution in [0.5, 0.6) is 0 Å². The Hall–Kier alpha value is -1.74. The molecule has 1 aromatic carbocycles. The monoisotopic (exact) mass is 227 g/mol. The number of rotatable bonds is 4. The molecule has 0 bridgehead atoms. The van der Waals surface area contributed by atoms with Crippen LogP contribution in [0.2, 0.25) is 0 Å². The van der Waals surface area contributed by atoms with Crippen molar-refractivity contribution < 1.29 is 0 Å². The SMILES string of the molecule is CCc1ccc(-c2ccnc(CCN)n2)cc1. The summed E-state index contributed by atoms with van der Waals surface area (Å²) < 4.78 is 0. The standard InChI is InChI=1S/C14H17N3/c1-2-11-3-5-12(6-4-11)13-8-10-16-14(17-13)7-9-15/h3-6,8,10H,2,7,9,15H2,1H3. The second-order valence-electron chi connectivity index (χ2n) is 3.95. The third kappa shape index (κ3) is 2.88. The smallest absolute Gasteiger partial charge is 0.130 e. The first-order valence-corrected chi connectivity index (χ1v) is 5.94. The van der Waals surface area contributed by atoms with Gasteiger partial charge in [-0.25, -0.2) is 9.97 Å². The van der Waals surface area contributed by atoms with Crippen LogP contribution < -0.4 is 5.73 Å². The van der Waals surface area contributed by atoms with Crippen LogP contribution in [0.4, 0.5) is 0 Å². The van der Waals surface area contributed by atoms with Crippen LogP contribution in [0.15, 0.2) is 36.5 Å². The molecule has 2 rings (SSSR count). The van der Waals surface area contributed by atoms with E-state index in [-0.39, 0.29) is 0 Å². The van der Waals surface area contributed by atoms with Crippen molar-refractivity contribution >= 4 is 0 Å². The number of nitrogens with zero attached hydrogens (tertiary/aromatic N) is 2. The molecule has 2 aromatic rings. The summed E-state index contributed by atoms with van der Waals surface area (Å²) in [6, 6.07) is 10.4. The number of nitrogens with two attached hydrogens (primary N) is 1. The van der Waals surface area contributed by atoms with Gasteiger partial charge in [-0.15, -0.1) is 0 Å². The van der Waals surface area contributed by atoms with Gasteiger partial charge >= 0.3 is 0 Å². The lowest BCUT2D eigenvalue weighted by Crippen LogP contribution is -2.06. The van der Waals surface area contributed by atoms with Crippen molar-refractivity contribution in [2.45, 2.75) is 19.8 Å². The molecule has 0 spiro atoms. The van der Waals surface area contributed by atoms with Crippen molar-refractivity contribution in [1.29, 1.82) is 0 Å². The zero-order valence-corrected chi connectivity index (χ0v) is 10.1. The lowest BCUT2D eigenvalue weighted by Gasteiger charge is -2.04. The molecule has 0 amide bonds. The summed E-state index contributed by atoms with van der Waals surface area (Å²) in [5, 5.41) is 0. The van der Waals surface area contributed by atoms with Gasteiger partial charge in [-0.1, -0.05) is 31.2 Å². The quantitative estimate of drug-likeness (QED) is 0.871. The Bertz CT molecular complexity index is 477. The van der Waals surface area contributed by atoms with E-state index in [1.807, 2.05) is 6.07 Å². The van der Waals surface area contributed by atoms with Crippen molar-refractivity contribution in [3.05, 3.63) is 47.9 Å². The molecule has 0 aliphatic carbocycles. The van der Waals surface area contributed by atoms with E-state index in [2.05, 4.69) is 41.2 Å². The summed E-state index contributed by atoms with van der Waals surface area (Å²) in [5.74, 6) is 0.810.